The first kappa shape index (κ1) is 18.8. The Morgan fingerprint density at radius 1 is 1.23 bits per heavy atom. The Hall–Kier alpha value is -1.26. The summed E-state index contributed by atoms with van der Waals surface area (Å²) in [6.07, 6.45) is 1.14. The number of likely N-dealkylation sites (N-methyl/N-ethyl adjacent to an activating group) is 1. The average Bonchev–Trinajstić information content (AvgIpc) is 2.48. The van der Waals surface area contributed by atoms with Crippen LogP contribution in [0.25, 0.3) is 0 Å². The minimum absolute atomic E-state index is 0.0488. The van der Waals surface area contributed by atoms with Crippen LogP contribution in [-0.2, 0) is 16.1 Å². The van der Waals surface area contributed by atoms with E-state index in [9.17, 15) is 9.59 Å². The summed E-state index contributed by atoms with van der Waals surface area (Å²) >= 11 is 11.9. The SMILES string of the molecule is CCCC(=O)N(Cc1ccc(Cl)c(Cl)c1)[C@@H](C)C(=O)NCC. The van der Waals surface area contributed by atoms with Crippen molar-refractivity contribution in [2.24, 2.45) is 0 Å². The second-order valence-corrected chi connectivity index (χ2v) is 5.91. The molecule has 1 N–H and O–H groups in total. The molecule has 4 nitrogen and oxygen atoms in total. The maximum Gasteiger partial charge on any atom is 0.242 e. The normalized spacial score (nSPS) is 11.9. The molecule has 1 atom stereocenters. The van der Waals surface area contributed by atoms with Gasteiger partial charge in [-0.25, -0.2) is 0 Å². The molecule has 0 heterocycles. The van der Waals surface area contributed by atoms with Crippen LogP contribution in [0.2, 0.25) is 10.0 Å². The van der Waals surface area contributed by atoms with E-state index in [4.69, 9.17) is 23.2 Å². The molecule has 0 radical (unpaired) electrons. The summed E-state index contributed by atoms with van der Waals surface area (Å²) in [6, 6.07) is 4.69. The molecule has 122 valence electrons. The fraction of sp³-hybridized carbons (Fsp3) is 0.500. The minimum atomic E-state index is -0.534. The maximum atomic E-state index is 12.3. The fourth-order valence-corrected chi connectivity index (χ4v) is 2.42. The van der Waals surface area contributed by atoms with Gasteiger partial charge in [-0.3, -0.25) is 9.59 Å². The van der Waals surface area contributed by atoms with Crippen molar-refractivity contribution in [3.63, 3.8) is 0 Å². The van der Waals surface area contributed by atoms with Gasteiger partial charge in [-0.2, -0.15) is 0 Å². The van der Waals surface area contributed by atoms with Crippen molar-refractivity contribution >= 4 is 35.0 Å². The fourth-order valence-electron chi connectivity index (χ4n) is 2.10. The van der Waals surface area contributed by atoms with Crippen LogP contribution in [0, 0.1) is 0 Å². The summed E-state index contributed by atoms with van der Waals surface area (Å²) in [5.41, 5.74) is 0.843. The van der Waals surface area contributed by atoms with Crippen molar-refractivity contribution in [1.82, 2.24) is 10.2 Å². The third-order valence-corrected chi connectivity index (χ3v) is 4.06. The smallest absolute Gasteiger partial charge is 0.242 e. The van der Waals surface area contributed by atoms with Crippen LogP contribution in [0.1, 0.15) is 39.2 Å². The summed E-state index contributed by atoms with van der Waals surface area (Å²) < 4.78 is 0. The predicted molar refractivity (Wildman–Crippen MR) is 90.1 cm³/mol. The monoisotopic (exact) mass is 344 g/mol. The van der Waals surface area contributed by atoms with Crippen molar-refractivity contribution < 1.29 is 9.59 Å². The molecule has 0 spiro atoms. The maximum absolute atomic E-state index is 12.3. The molecule has 0 saturated carbocycles. The van der Waals surface area contributed by atoms with Crippen molar-refractivity contribution in [3.05, 3.63) is 33.8 Å². The molecule has 0 saturated heterocycles. The van der Waals surface area contributed by atoms with Gasteiger partial charge in [-0.1, -0.05) is 36.2 Å². The molecule has 2 amide bonds. The van der Waals surface area contributed by atoms with E-state index in [0.717, 1.165) is 12.0 Å². The van der Waals surface area contributed by atoms with Gasteiger partial charge in [0.25, 0.3) is 0 Å². The number of halogens is 2. The van der Waals surface area contributed by atoms with E-state index in [2.05, 4.69) is 5.32 Å². The Kier molecular flexibility index (Phi) is 7.69. The van der Waals surface area contributed by atoms with Gasteiger partial charge in [0.15, 0.2) is 0 Å². The number of nitrogens with zero attached hydrogens (tertiary/aromatic N) is 1. The topological polar surface area (TPSA) is 49.4 Å². The highest BCUT2D eigenvalue weighted by molar-refractivity contribution is 6.42. The van der Waals surface area contributed by atoms with E-state index in [-0.39, 0.29) is 11.8 Å². The van der Waals surface area contributed by atoms with Crippen LogP contribution in [-0.4, -0.2) is 29.3 Å². The van der Waals surface area contributed by atoms with Crippen LogP contribution in [0.4, 0.5) is 0 Å². The van der Waals surface area contributed by atoms with E-state index < -0.39 is 6.04 Å². The molecular weight excluding hydrogens is 323 g/mol. The molecule has 0 aliphatic rings. The second kappa shape index (κ2) is 9.01. The first-order valence-corrected chi connectivity index (χ1v) is 8.17. The van der Waals surface area contributed by atoms with Gasteiger partial charge < -0.3 is 10.2 Å². The Balaban J connectivity index is 2.96. The Morgan fingerprint density at radius 2 is 1.91 bits per heavy atom. The van der Waals surface area contributed by atoms with Gasteiger partial charge in [0.2, 0.25) is 11.8 Å². The molecule has 1 aromatic rings. The standard InChI is InChI=1S/C16H22Cl2N2O2/c1-4-6-15(21)20(11(3)16(22)19-5-2)10-12-7-8-13(17)14(18)9-12/h7-9,11H,4-6,10H2,1-3H3,(H,19,22)/t11-/m0/s1. The number of carbonyl (C=O) groups is 2. The predicted octanol–water partition coefficient (Wildman–Crippen LogP) is 3.65. The first-order chi connectivity index (χ1) is 10.4. The lowest BCUT2D eigenvalue weighted by atomic mass is 10.1. The summed E-state index contributed by atoms with van der Waals surface area (Å²) in [7, 11) is 0. The lowest BCUT2D eigenvalue weighted by Gasteiger charge is -2.28. The van der Waals surface area contributed by atoms with Crippen LogP contribution >= 0.6 is 23.2 Å². The van der Waals surface area contributed by atoms with Crippen LogP contribution in [0.3, 0.4) is 0 Å². The van der Waals surface area contributed by atoms with Gasteiger partial charge in [-0.05, 0) is 38.0 Å². The van der Waals surface area contributed by atoms with Crippen LogP contribution in [0.15, 0.2) is 18.2 Å². The lowest BCUT2D eigenvalue weighted by molar-refractivity contribution is -0.140. The lowest BCUT2D eigenvalue weighted by Crippen LogP contribution is -2.47. The molecule has 0 aromatic heterocycles. The summed E-state index contributed by atoms with van der Waals surface area (Å²) in [4.78, 5) is 26.0. The summed E-state index contributed by atoms with van der Waals surface area (Å²) in [5, 5.41) is 3.65. The number of nitrogens with one attached hydrogen (secondary N) is 1. The van der Waals surface area contributed by atoms with Crippen molar-refractivity contribution in [2.75, 3.05) is 6.54 Å². The molecule has 0 unspecified atom stereocenters. The third kappa shape index (κ3) is 5.18. The van der Waals surface area contributed by atoms with Gasteiger partial charge in [0.05, 0.1) is 10.0 Å². The Bertz CT molecular complexity index is 535. The molecule has 1 aromatic carbocycles. The molecule has 0 fully saturated rings. The third-order valence-electron chi connectivity index (χ3n) is 3.32. The van der Waals surface area contributed by atoms with Crippen LogP contribution < -0.4 is 5.32 Å². The number of hydrogen-bond donors (Lipinski definition) is 1. The number of carbonyl (C=O) groups excluding carboxylic acids is 2. The average molecular weight is 345 g/mol. The van der Waals surface area contributed by atoms with E-state index in [1.54, 1.807) is 24.0 Å². The van der Waals surface area contributed by atoms with Crippen molar-refractivity contribution in [2.45, 2.75) is 46.2 Å². The highest BCUT2D eigenvalue weighted by Crippen LogP contribution is 2.24. The van der Waals surface area contributed by atoms with Gasteiger partial charge >= 0.3 is 0 Å². The Labute approximate surface area is 141 Å². The van der Waals surface area contributed by atoms with E-state index in [1.165, 1.54) is 0 Å². The number of benzene rings is 1. The zero-order chi connectivity index (χ0) is 16.7. The number of amides is 2. The van der Waals surface area contributed by atoms with E-state index >= 15 is 0 Å². The number of hydrogen-bond acceptors (Lipinski definition) is 2. The molecule has 22 heavy (non-hydrogen) atoms. The molecule has 0 bridgehead atoms. The van der Waals surface area contributed by atoms with Gasteiger partial charge in [0, 0.05) is 19.5 Å². The van der Waals surface area contributed by atoms with Gasteiger partial charge in [0.1, 0.15) is 6.04 Å². The largest absolute Gasteiger partial charge is 0.355 e. The Morgan fingerprint density at radius 3 is 2.45 bits per heavy atom. The van der Waals surface area contributed by atoms with Gasteiger partial charge in [-0.15, -0.1) is 0 Å². The molecular formula is C16H22Cl2N2O2. The first-order valence-electron chi connectivity index (χ1n) is 7.41. The molecule has 0 aliphatic carbocycles. The minimum Gasteiger partial charge on any atom is -0.355 e. The molecule has 6 heteroatoms. The highest BCUT2D eigenvalue weighted by atomic mass is 35.5. The van der Waals surface area contributed by atoms with Crippen molar-refractivity contribution in [3.8, 4) is 0 Å². The quantitative estimate of drug-likeness (QED) is 0.820. The van der Waals surface area contributed by atoms with E-state index in [0.29, 0.717) is 29.6 Å². The zero-order valence-corrected chi connectivity index (χ0v) is 14.7. The molecule has 0 aliphatic heterocycles. The second-order valence-electron chi connectivity index (χ2n) is 5.09. The zero-order valence-electron chi connectivity index (χ0n) is 13.2. The van der Waals surface area contributed by atoms with Crippen LogP contribution in [0.5, 0.6) is 0 Å². The molecule has 1 rings (SSSR count). The summed E-state index contributed by atoms with van der Waals surface area (Å²) in [6.45, 7) is 6.38. The number of rotatable bonds is 7. The van der Waals surface area contributed by atoms with Crippen molar-refractivity contribution in [1.29, 1.82) is 0 Å². The van der Waals surface area contributed by atoms with E-state index in [1.807, 2.05) is 19.9 Å². The highest BCUT2D eigenvalue weighted by Gasteiger charge is 2.25. The summed E-state index contributed by atoms with van der Waals surface area (Å²) in [5.74, 6) is -0.209.